The van der Waals surface area contributed by atoms with Crippen LogP contribution in [0.2, 0.25) is 0 Å². The number of aliphatic carboxylic acids is 1. The minimum absolute atomic E-state index is 0.0158. The maximum Gasteiger partial charge on any atom is 0.325 e. The Kier molecular flexibility index (Phi) is 5.53. The molecule has 0 saturated heterocycles. The topological polar surface area (TPSA) is 75.4 Å². The van der Waals surface area contributed by atoms with Gasteiger partial charge in [-0.25, -0.2) is 0 Å². The van der Waals surface area contributed by atoms with Crippen LogP contribution in [0, 0.1) is 0 Å². The third-order valence-electron chi connectivity index (χ3n) is 5.33. The van der Waals surface area contributed by atoms with E-state index in [1.807, 2.05) is 0 Å². The van der Waals surface area contributed by atoms with E-state index in [1.54, 1.807) is 12.3 Å². The molecule has 6 nitrogen and oxygen atoms in total. The molecule has 2 aliphatic rings. The van der Waals surface area contributed by atoms with Crippen LogP contribution in [0.1, 0.15) is 74.7 Å². The summed E-state index contributed by atoms with van der Waals surface area (Å²) in [4.78, 5) is 26.1. The van der Waals surface area contributed by atoms with Gasteiger partial charge in [0, 0.05) is 18.3 Å². The van der Waals surface area contributed by atoms with Gasteiger partial charge >= 0.3 is 5.97 Å². The van der Waals surface area contributed by atoms with Gasteiger partial charge in [0.2, 0.25) is 0 Å². The second-order valence-corrected chi connectivity index (χ2v) is 7.09. The minimum Gasteiger partial charge on any atom is -0.480 e. The number of carbonyl (C=O) groups excluding carboxylic acids is 1. The van der Waals surface area contributed by atoms with Gasteiger partial charge in [-0.2, -0.15) is 5.10 Å². The zero-order valence-corrected chi connectivity index (χ0v) is 14.2. The van der Waals surface area contributed by atoms with Crippen molar-refractivity contribution in [1.29, 1.82) is 0 Å². The Hall–Kier alpha value is -1.85. The predicted octanol–water partition coefficient (Wildman–Crippen LogP) is 3.08. The molecule has 2 aliphatic carbocycles. The molecule has 0 atom stereocenters. The Labute approximate surface area is 142 Å². The highest BCUT2D eigenvalue weighted by Crippen LogP contribution is 2.31. The summed E-state index contributed by atoms with van der Waals surface area (Å²) in [6, 6.07) is 2.29. The van der Waals surface area contributed by atoms with Crippen LogP contribution in [-0.2, 0) is 11.3 Å². The largest absolute Gasteiger partial charge is 0.480 e. The van der Waals surface area contributed by atoms with Gasteiger partial charge in [-0.3, -0.25) is 14.3 Å². The Balaban J connectivity index is 1.79. The van der Waals surface area contributed by atoms with Crippen LogP contribution in [-0.4, -0.2) is 43.7 Å². The van der Waals surface area contributed by atoms with E-state index in [0.717, 1.165) is 25.7 Å². The molecule has 1 amide bonds. The van der Waals surface area contributed by atoms with Gasteiger partial charge in [-0.05, 0) is 31.7 Å². The van der Waals surface area contributed by atoms with Crippen molar-refractivity contribution in [2.45, 2.75) is 82.8 Å². The van der Waals surface area contributed by atoms with E-state index in [0.29, 0.717) is 17.8 Å². The van der Waals surface area contributed by atoms with Crippen molar-refractivity contribution in [3.8, 4) is 0 Å². The Morgan fingerprint density at radius 3 is 2.08 bits per heavy atom. The lowest BCUT2D eigenvalue weighted by atomic mass is 9.88. The SMILES string of the molecule is O=C(O)Cn1ccc(C(=O)N(C2CCCCC2)C2CCCCC2)n1. The molecule has 1 heterocycles. The fraction of sp³-hybridized carbons (Fsp3) is 0.722. The third-order valence-corrected chi connectivity index (χ3v) is 5.33. The van der Waals surface area contributed by atoms with Crippen molar-refractivity contribution in [3.63, 3.8) is 0 Å². The number of carboxylic acid groups (broad SMARTS) is 1. The Morgan fingerprint density at radius 2 is 1.58 bits per heavy atom. The molecule has 0 aliphatic heterocycles. The molecular formula is C18H27N3O3. The van der Waals surface area contributed by atoms with E-state index >= 15 is 0 Å². The molecule has 6 heteroatoms. The van der Waals surface area contributed by atoms with Gasteiger partial charge < -0.3 is 10.0 Å². The number of hydrogen-bond donors (Lipinski definition) is 1. The highest BCUT2D eigenvalue weighted by Gasteiger charge is 2.33. The van der Waals surface area contributed by atoms with Crippen molar-refractivity contribution in [2.24, 2.45) is 0 Å². The fourth-order valence-electron chi connectivity index (χ4n) is 4.18. The van der Waals surface area contributed by atoms with Crippen molar-refractivity contribution >= 4 is 11.9 Å². The van der Waals surface area contributed by atoms with Crippen LogP contribution in [0.3, 0.4) is 0 Å². The van der Waals surface area contributed by atoms with Crippen LogP contribution in [0.25, 0.3) is 0 Å². The van der Waals surface area contributed by atoms with Gasteiger partial charge in [0.15, 0.2) is 0 Å². The average molecular weight is 333 g/mol. The maximum atomic E-state index is 13.1. The van der Waals surface area contributed by atoms with Crippen LogP contribution >= 0.6 is 0 Å². The van der Waals surface area contributed by atoms with Crippen LogP contribution < -0.4 is 0 Å². The van der Waals surface area contributed by atoms with Crippen molar-refractivity contribution < 1.29 is 14.7 Å². The van der Waals surface area contributed by atoms with Gasteiger partial charge in [-0.15, -0.1) is 0 Å². The standard InChI is InChI=1S/C18H27N3O3/c22-17(23)13-20-12-11-16(19-20)18(24)21(14-7-3-1-4-8-14)15-9-5-2-6-10-15/h11-12,14-15H,1-10,13H2,(H,22,23). The number of hydrogen-bond acceptors (Lipinski definition) is 3. The van der Waals surface area contributed by atoms with Gasteiger partial charge in [0.1, 0.15) is 12.2 Å². The Morgan fingerprint density at radius 1 is 1.04 bits per heavy atom. The average Bonchev–Trinajstić information content (AvgIpc) is 3.05. The van der Waals surface area contributed by atoms with E-state index in [9.17, 15) is 9.59 Å². The van der Waals surface area contributed by atoms with Crippen molar-refractivity contribution in [1.82, 2.24) is 14.7 Å². The van der Waals surface area contributed by atoms with Crippen LogP contribution in [0.15, 0.2) is 12.3 Å². The molecule has 0 aromatic carbocycles. The van der Waals surface area contributed by atoms with Gasteiger partial charge in [0.25, 0.3) is 5.91 Å². The second kappa shape index (κ2) is 7.81. The maximum absolute atomic E-state index is 13.1. The molecule has 3 rings (SSSR count). The normalized spacial score (nSPS) is 20.0. The minimum atomic E-state index is -0.950. The van der Waals surface area contributed by atoms with Crippen LogP contribution in [0.4, 0.5) is 0 Å². The summed E-state index contributed by atoms with van der Waals surface area (Å²) in [6.07, 6.45) is 13.2. The predicted molar refractivity (Wildman–Crippen MR) is 89.8 cm³/mol. The molecule has 2 saturated carbocycles. The zero-order valence-electron chi connectivity index (χ0n) is 14.2. The first kappa shape index (κ1) is 17.0. The first-order valence-electron chi connectivity index (χ1n) is 9.23. The molecule has 0 unspecified atom stereocenters. The molecule has 132 valence electrons. The number of rotatable bonds is 5. The number of nitrogens with zero attached hydrogens (tertiary/aromatic N) is 3. The van der Waals surface area contributed by atoms with E-state index in [4.69, 9.17) is 5.11 Å². The smallest absolute Gasteiger partial charge is 0.325 e. The summed E-state index contributed by atoms with van der Waals surface area (Å²) < 4.78 is 1.33. The van der Waals surface area contributed by atoms with E-state index in [-0.39, 0.29) is 12.5 Å². The summed E-state index contributed by atoms with van der Waals surface area (Å²) in [7, 11) is 0. The number of amides is 1. The molecule has 24 heavy (non-hydrogen) atoms. The number of aromatic nitrogens is 2. The highest BCUT2D eigenvalue weighted by molar-refractivity contribution is 5.92. The molecule has 0 bridgehead atoms. The molecule has 1 N–H and O–H groups in total. The molecular weight excluding hydrogens is 306 g/mol. The quantitative estimate of drug-likeness (QED) is 0.898. The molecule has 1 aromatic heterocycles. The molecule has 0 spiro atoms. The highest BCUT2D eigenvalue weighted by atomic mass is 16.4. The summed E-state index contributed by atoms with van der Waals surface area (Å²) in [5.74, 6) is -0.966. The number of carbonyl (C=O) groups is 2. The second-order valence-electron chi connectivity index (χ2n) is 7.09. The van der Waals surface area contributed by atoms with E-state index in [1.165, 1.54) is 43.2 Å². The third kappa shape index (κ3) is 3.97. The van der Waals surface area contributed by atoms with E-state index in [2.05, 4.69) is 10.00 Å². The first-order chi connectivity index (χ1) is 11.6. The lowest BCUT2D eigenvalue weighted by Crippen LogP contribution is -2.49. The lowest BCUT2D eigenvalue weighted by Gasteiger charge is -2.41. The van der Waals surface area contributed by atoms with Crippen molar-refractivity contribution in [3.05, 3.63) is 18.0 Å². The van der Waals surface area contributed by atoms with E-state index < -0.39 is 5.97 Å². The molecule has 1 aromatic rings. The number of carboxylic acids is 1. The summed E-state index contributed by atoms with van der Waals surface area (Å²) in [6.45, 7) is -0.208. The van der Waals surface area contributed by atoms with Crippen molar-refractivity contribution in [2.75, 3.05) is 0 Å². The summed E-state index contributed by atoms with van der Waals surface area (Å²) in [5.41, 5.74) is 0.382. The zero-order chi connectivity index (χ0) is 16.9. The first-order valence-corrected chi connectivity index (χ1v) is 9.23. The summed E-state index contributed by atoms with van der Waals surface area (Å²) >= 11 is 0. The fourth-order valence-corrected chi connectivity index (χ4v) is 4.18. The monoisotopic (exact) mass is 333 g/mol. The lowest BCUT2D eigenvalue weighted by molar-refractivity contribution is -0.137. The summed E-state index contributed by atoms with van der Waals surface area (Å²) in [5, 5.41) is 13.1. The van der Waals surface area contributed by atoms with Gasteiger partial charge in [0.05, 0.1) is 0 Å². The Bertz CT molecular complexity index is 554. The molecule has 0 radical (unpaired) electrons. The molecule has 2 fully saturated rings. The van der Waals surface area contributed by atoms with Crippen LogP contribution in [0.5, 0.6) is 0 Å². The van der Waals surface area contributed by atoms with Gasteiger partial charge in [-0.1, -0.05) is 38.5 Å².